The van der Waals surface area contributed by atoms with Crippen LogP contribution in [0.25, 0.3) is 17.0 Å². The molecule has 36 heavy (non-hydrogen) atoms. The fraction of sp³-hybridized carbons (Fsp3) is 0.217. The third kappa shape index (κ3) is 4.36. The topological polar surface area (TPSA) is 107 Å². The van der Waals surface area contributed by atoms with Crippen molar-refractivity contribution in [1.29, 1.82) is 5.26 Å². The number of piperazine rings is 1. The summed E-state index contributed by atoms with van der Waals surface area (Å²) < 4.78 is 68.3. The number of sulfonamides is 1. The summed E-state index contributed by atoms with van der Waals surface area (Å²) in [5.41, 5.74) is 0.184. The van der Waals surface area contributed by atoms with Gasteiger partial charge in [-0.05, 0) is 36.4 Å². The Labute approximate surface area is 204 Å². The fourth-order valence-electron chi connectivity index (χ4n) is 3.99. The summed E-state index contributed by atoms with van der Waals surface area (Å²) in [6, 6.07) is 14.3. The van der Waals surface area contributed by atoms with E-state index in [0.717, 1.165) is 12.1 Å². The number of halogens is 3. The van der Waals surface area contributed by atoms with Crippen LogP contribution in [0.5, 0.6) is 0 Å². The van der Waals surface area contributed by atoms with Gasteiger partial charge in [-0.25, -0.2) is 13.4 Å². The molecular weight excluding hydrogens is 495 g/mol. The van der Waals surface area contributed by atoms with Crippen molar-refractivity contribution in [3.63, 3.8) is 0 Å². The highest BCUT2D eigenvalue weighted by Crippen LogP contribution is 2.32. The molecule has 1 aliphatic rings. The van der Waals surface area contributed by atoms with Gasteiger partial charge in [0.1, 0.15) is 0 Å². The number of aromatic nitrogens is 4. The molecule has 3 heterocycles. The first-order valence-electron chi connectivity index (χ1n) is 10.8. The van der Waals surface area contributed by atoms with E-state index in [-0.39, 0.29) is 29.3 Å². The molecule has 0 bridgehead atoms. The molecule has 0 saturated carbocycles. The van der Waals surface area contributed by atoms with Crippen LogP contribution in [-0.2, 0) is 16.2 Å². The first-order valence-corrected chi connectivity index (χ1v) is 12.3. The van der Waals surface area contributed by atoms with Crippen molar-refractivity contribution < 1.29 is 21.6 Å². The van der Waals surface area contributed by atoms with Crippen LogP contribution in [0, 0.1) is 11.3 Å². The molecule has 184 valence electrons. The average molecular weight is 514 g/mol. The molecule has 1 fully saturated rings. The Kier molecular flexibility index (Phi) is 5.85. The Bertz CT molecular complexity index is 1590. The lowest BCUT2D eigenvalue weighted by Crippen LogP contribution is -2.49. The maximum absolute atomic E-state index is 13.2. The highest BCUT2D eigenvalue weighted by molar-refractivity contribution is 7.89. The summed E-state index contributed by atoms with van der Waals surface area (Å²) in [5, 5.41) is 13.5. The first-order chi connectivity index (χ1) is 17.2. The number of nitriles is 1. The number of hydrogen-bond acceptors (Lipinski definition) is 7. The van der Waals surface area contributed by atoms with E-state index in [2.05, 4.69) is 15.1 Å². The Hall–Kier alpha value is -4.02. The van der Waals surface area contributed by atoms with Crippen molar-refractivity contribution in [2.24, 2.45) is 0 Å². The van der Waals surface area contributed by atoms with Gasteiger partial charge in [-0.3, -0.25) is 0 Å². The number of anilines is 1. The average Bonchev–Trinajstić information content (AvgIpc) is 3.33. The zero-order valence-electron chi connectivity index (χ0n) is 18.6. The number of rotatable bonds is 4. The molecule has 2 aromatic carbocycles. The summed E-state index contributed by atoms with van der Waals surface area (Å²) in [5.74, 6) is 0.508. The number of benzene rings is 2. The van der Waals surface area contributed by atoms with E-state index in [0.29, 0.717) is 30.3 Å². The highest BCUT2D eigenvalue weighted by atomic mass is 32.2. The molecule has 0 atom stereocenters. The molecule has 1 aliphatic heterocycles. The molecule has 2 aromatic heterocycles. The summed E-state index contributed by atoms with van der Waals surface area (Å²) in [6.07, 6.45) is -3.03. The van der Waals surface area contributed by atoms with Gasteiger partial charge in [-0.1, -0.05) is 18.2 Å². The molecule has 5 rings (SSSR count). The Balaban J connectivity index is 1.38. The van der Waals surface area contributed by atoms with Crippen molar-refractivity contribution >= 4 is 21.7 Å². The Morgan fingerprint density at radius 3 is 2.44 bits per heavy atom. The van der Waals surface area contributed by atoms with E-state index in [1.807, 2.05) is 6.07 Å². The predicted octanol–water partition coefficient (Wildman–Crippen LogP) is 3.19. The largest absolute Gasteiger partial charge is 0.416 e. The molecule has 0 spiro atoms. The zero-order valence-corrected chi connectivity index (χ0v) is 19.4. The molecular formula is C23H18F3N7O2S. The molecule has 0 N–H and O–H groups in total. The van der Waals surface area contributed by atoms with Gasteiger partial charge >= 0.3 is 6.18 Å². The van der Waals surface area contributed by atoms with Crippen LogP contribution < -0.4 is 4.90 Å². The maximum Gasteiger partial charge on any atom is 0.416 e. The molecule has 0 amide bonds. The van der Waals surface area contributed by atoms with Crippen molar-refractivity contribution in [2.45, 2.75) is 11.1 Å². The van der Waals surface area contributed by atoms with Gasteiger partial charge in [-0.15, -0.1) is 5.10 Å². The number of hydrogen-bond donors (Lipinski definition) is 0. The standard InChI is InChI=1S/C23H18F3N7O2S/c24-23(25,26)18-5-2-4-17(14-18)20-7-8-28-21-29-22(30-33(20)21)31-9-11-32(12-10-31)36(34,35)19-6-1-3-16(13-19)15-27/h1-8,13-14H,9-12H2. The van der Waals surface area contributed by atoms with Gasteiger partial charge in [0, 0.05) is 37.9 Å². The highest BCUT2D eigenvalue weighted by Gasteiger charge is 2.32. The number of alkyl halides is 3. The molecule has 4 aromatic rings. The van der Waals surface area contributed by atoms with Crippen LogP contribution in [-0.4, -0.2) is 58.5 Å². The first kappa shape index (κ1) is 23.7. The molecule has 1 saturated heterocycles. The van der Waals surface area contributed by atoms with Crippen molar-refractivity contribution in [3.8, 4) is 17.3 Å². The predicted molar refractivity (Wildman–Crippen MR) is 123 cm³/mol. The fourth-order valence-corrected chi connectivity index (χ4v) is 5.46. The second-order valence-corrected chi connectivity index (χ2v) is 10.0. The van der Waals surface area contributed by atoms with E-state index in [1.54, 1.807) is 17.0 Å². The van der Waals surface area contributed by atoms with Gasteiger partial charge in [0.25, 0.3) is 5.78 Å². The summed E-state index contributed by atoms with van der Waals surface area (Å²) in [7, 11) is -3.78. The van der Waals surface area contributed by atoms with Crippen LogP contribution in [0.1, 0.15) is 11.1 Å². The minimum absolute atomic E-state index is 0.0517. The third-order valence-electron chi connectivity index (χ3n) is 5.84. The van der Waals surface area contributed by atoms with E-state index in [9.17, 15) is 21.6 Å². The normalized spacial score (nSPS) is 15.2. The molecule has 0 radical (unpaired) electrons. The zero-order chi connectivity index (χ0) is 25.5. The molecule has 9 nitrogen and oxygen atoms in total. The maximum atomic E-state index is 13.2. The molecule has 0 unspecified atom stereocenters. The van der Waals surface area contributed by atoms with Crippen molar-refractivity contribution in [1.82, 2.24) is 23.9 Å². The number of fused-ring (bicyclic) bond motifs is 1. The SMILES string of the molecule is N#Cc1cccc(S(=O)(=O)N2CCN(c3nc4nccc(-c5cccc(C(F)(F)F)c5)n4n3)CC2)c1. The minimum Gasteiger partial charge on any atom is -0.337 e. The van der Waals surface area contributed by atoms with E-state index >= 15 is 0 Å². The lowest BCUT2D eigenvalue weighted by Gasteiger charge is -2.33. The summed E-state index contributed by atoms with van der Waals surface area (Å²) in [4.78, 5) is 10.4. The second-order valence-electron chi connectivity index (χ2n) is 8.06. The van der Waals surface area contributed by atoms with E-state index in [1.165, 1.54) is 45.3 Å². The van der Waals surface area contributed by atoms with Crippen molar-refractivity contribution in [2.75, 3.05) is 31.1 Å². The lowest BCUT2D eigenvalue weighted by atomic mass is 10.1. The second kappa shape index (κ2) is 8.89. The third-order valence-corrected chi connectivity index (χ3v) is 7.73. The van der Waals surface area contributed by atoms with Crippen LogP contribution in [0.15, 0.2) is 65.7 Å². The van der Waals surface area contributed by atoms with Gasteiger partial charge in [0.05, 0.1) is 27.8 Å². The Morgan fingerprint density at radius 1 is 0.972 bits per heavy atom. The number of nitrogens with zero attached hydrogens (tertiary/aromatic N) is 7. The summed E-state index contributed by atoms with van der Waals surface area (Å²) >= 11 is 0. The smallest absolute Gasteiger partial charge is 0.337 e. The van der Waals surface area contributed by atoms with Crippen LogP contribution >= 0.6 is 0 Å². The van der Waals surface area contributed by atoms with E-state index in [4.69, 9.17) is 5.26 Å². The lowest BCUT2D eigenvalue weighted by molar-refractivity contribution is -0.137. The monoisotopic (exact) mass is 513 g/mol. The van der Waals surface area contributed by atoms with Gasteiger partial charge in [0.2, 0.25) is 16.0 Å². The van der Waals surface area contributed by atoms with Crippen LogP contribution in [0.4, 0.5) is 19.1 Å². The quantitative estimate of drug-likeness (QED) is 0.413. The van der Waals surface area contributed by atoms with Crippen LogP contribution in [0.3, 0.4) is 0 Å². The van der Waals surface area contributed by atoms with E-state index < -0.39 is 21.8 Å². The van der Waals surface area contributed by atoms with Crippen molar-refractivity contribution in [3.05, 3.63) is 71.9 Å². The summed E-state index contributed by atoms with van der Waals surface area (Å²) in [6.45, 7) is 0.936. The van der Waals surface area contributed by atoms with Gasteiger partial charge < -0.3 is 4.90 Å². The molecule has 13 heteroatoms. The van der Waals surface area contributed by atoms with Crippen LogP contribution in [0.2, 0.25) is 0 Å². The molecule has 0 aliphatic carbocycles. The minimum atomic E-state index is -4.48. The van der Waals surface area contributed by atoms with Gasteiger partial charge in [-0.2, -0.15) is 32.2 Å². The Morgan fingerprint density at radius 2 is 1.72 bits per heavy atom. The van der Waals surface area contributed by atoms with Gasteiger partial charge in [0.15, 0.2) is 0 Å².